The van der Waals surface area contributed by atoms with E-state index in [1.165, 1.54) is 0 Å². The van der Waals surface area contributed by atoms with E-state index >= 15 is 0 Å². The molecule has 2 heterocycles. The number of hydrogen-bond acceptors (Lipinski definition) is 4. The van der Waals surface area contributed by atoms with Gasteiger partial charge >= 0.3 is 0 Å². The van der Waals surface area contributed by atoms with Gasteiger partial charge in [-0.2, -0.15) is 4.89 Å². The fourth-order valence-corrected chi connectivity index (χ4v) is 2.18. The summed E-state index contributed by atoms with van der Waals surface area (Å²) in [5.74, 6) is -0.510. The molecule has 0 aromatic rings. The summed E-state index contributed by atoms with van der Waals surface area (Å²) in [7, 11) is 0. The molecule has 2 bridgehead atoms. The first kappa shape index (κ1) is 11.0. The number of hydrogen-bond donors (Lipinski definition) is 0. The molecule has 4 heteroatoms. The lowest BCUT2D eigenvalue weighted by atomic mass is 10.0. The minimum atomic E-state index is -0.510. The predicted octanol–water partition coefficient (Wildman–Crippen LogP) is 2.32. The first-order valence-electron chi connectivity index (χ1n) is 5.81. The quantitative estimate of drug-likeness (QED) is 0.400. The number of carbonyl (C=O) groups excluding carboxylic acids is 1. The van der Waals surface area contributed by atoms with Crippen LogP contribution in [0.25, 0.3) is 0 Å². The second-order valence-electron chi connectivity index (χ2n) is 4.30. The normalized spacial score (nSPS) is 35.1. The monoisotopic (exact) mass is 214 g/mol. The molecule has 2 rings (SSSR count). The van der Waals surface area contributed by atoms with E-state index in [0.29, 0.717) is 6.42 Å². The molecule has 2 aliphatic rings. The van der Waals surface area contributed by atoms with E-state index in [1.807, 2.05) is 0 Å². The van der Waals surface area contributed by atoms with Crippen LogP contribution in [0.2, 0.25) is 0 Å². The Labute approximate surface area is 89.8 Å². The molecule has 0 saturated carbocycles. The van der Waals surface area contributed by atoms with E-state index in [0.717, 1.165) is 51.2 Å². The molecule has 0 N–H and O–H groups in total. The van der Waals surface area contributed by atoms with Gasteiger partial charge in [-0.05, 0) is 25.7 Å². The molecule has 2 unspecified atom stereocenters. The molecule has 0 aromatic carbocycles. The van der Waals surface area contributed by atoms with E-state index in [2.05, 4.69) is 0 Å². The Kier molecular flexibility index (Phi) is 3.72. The van der Waals surface area contributed by atoms with Crippen LogP contribution >= 0.6 is 0 Å². The van der Waals surface area contributed by atoms with Crippen LogP contribution in [0, 0.1) is 0 Å². The van der Waals surface area contributed by atoms with E-state index in [1.54, 1.807) is 0 Å². The maximum Gasteiger partial charge on any atom is 0.204 e. The van der Waals surface area contributed by atoms with Gasteiger partial charge in [0.1, 0.15) is 6.29 Å². The third-order valence-corrected chi connectivity index (χ3v) is 3.03. The standard InChI is InChI=1S/C11H18O4/c12-9-5-1-3-7-11-8-4-2-6-10(13-11)14-15-11/h9-10H,1-8H2. The van der Waals surface area contributed by atoms with Crippen LogP contribution in [0.1, 0.15) is 51.4 Å². The zero-order valence-electron chi connectivity index (χ0n) is 8.94. The minimum absolute atomic E-state index is 0.168. The predicted molar refractivity (Wildman–Crippen MR) is 52.8 cm³/mol. The van der Waals surface area contributed by atoms with Gasteiger partial charge in [-0.25, -0.2) is 4.89 Å². The number of carbonyl (C=O) groups is 1. The maximum atomic E-state index is 10.2. The smallest absolute Gasteiger partial charge is 0.204 e. The van der Waals surface area contributed by atoms with Gasteiger partial charge in [-0.3, -0.25) is 0 Å². The van der Waals surface area contributed by atoms with E-state index in [4.69, 9.17) is 14.5 Å². The summed E-state index contributed by atoms with van der Waals surface area (Å²) in [6.07, 6.45) is 8.21. The van der Waals surface area contributed by atoms with Crippen LogP contribution < -0.4 is 0 Å². The van der Waals surface area contributed by atoms with Gasteiger partial charge in [-0.1, -0.05) is 0 Å². The summed E-state index contributed by atoms with van der Waals surface area (Å²) < 4.78 is 5.76. The van der Waals surface area contributed by atoms with Crippen molar-refractivity contribution < 1.29 is 19.3 Å². The molecule has 2 fully saturated rings. The summed E-state index contributed by atoms with van der Waals surface area (Å²) in [4.78, 5) is 20.6. The minimum Gasteiger partial charge on any atom is -0.315 e. The fraction of sp³-hybridized carbons (Fsp3) is 0.909. The molecule has 86 valence electrons. The van der Waals surface area contributed by atoms with Crippen LogP contribution in [0.4, 0.5) is 0 Å². The van der Waals surface area contributed by atoms with Gasteiger partial charge in [0.25, 0.3) is 0 Å². The Morgan fingerprint density at radius 2 is 2.27 bits per heavy atom. The van der Waals surface area contributed by atoms with Crippen molar-refractivity contribution >= 4 is 6.29 Å². The van der Waals surface area contributed by atoms with Gasteiger partial charge in [0.15, 0.2) is 6.29 Å². The summed E-state index contributed by atoms with van der Waals surface area (Å²) >= 11 is 0. The Morgan fingerprint density at radius 3 is 3.13 bits per heavy atom. The first-order valence-corrected chi connectivity index (χ1v) is 5.81. The molecule has 2 saturated heterocycles. The van der Waals surface area contributed by atoms with E-state index in [-0.39, 0.29) is 6.29 Å². The highest BCUT2D eigenvalue weighted by atomic mass is 17.3. The third kappa shape index (κ3) is 2.77. The lowest BCUT2D eigenvalue weighted by molar-refractivity contribution is -0.337. The summed E-state index contributed by atoms with van der Waals surface area (Å²) in [5.41, 5.74) is 0. The maximum absolute atomic E-state index is 10.2. The lowest BCUT2D eigenvalue weighted by Crippen LogP contribution is -2.29. The second-order valence-corrected chi connectivity index (χ2v) is 4.30. The molecule has 15 heavy (non-hydrogen) atoms. The van der Waals surface area contributed by atoms with Crippen molar-refractivity contribution in [2.24, 2.45) is 0 Å². The molecule has 0 spiro atoms. The Morgan fingerprint density at radius 1 is 1.33 bits per heavy atom. The van der Waals surface area contributed by atoms with E-state index in [9.17, 15) is 4.79 Å². The average Bonchev–Trinajstić information content (AvgIpc) is 2.50. The molecule has 0 radical (unpaired) electrons. The second kappa shape index (κ2) is 5.05. The first-order chi connectivity index (χ1) is 7.35. The molecule has 0 amide bonds. The highest BCUT2D eigenvalue weighted by molar-refractivity contribution is 5.48. The van der Waals surface area contributed by atoms with Gasteiger partial charge in [-0.15, -0.1) is 0 Å². The molecular weight excluding hydrogens is 196 g/mol. The number of ether oxygens (including phenoxy) is 1. The molecule has 2 aliphatic heterocycles. The van der Waals surface area contributed by atoms with Gasteiger partial charge in [0.05, 0.1) is 0 Å². The lowest BCUT2D eigenvalue weighted by Gasteiger charge is -2.23. The largest absolute Gasteiger partial charge is 0.315 e. The van der Waals surface area contributed by atoms with Gasteiger partial charge in [0.2, 0.25) is 5.79 Å². The van der Waals surface area contributed by atoms with Crippen molar-refractivity contribution in [3.63, 3.8) is 0 Å². The van der Waals surface area contributed by atoms with Crippen molar-refractivity contribution in [3.05, 3.63) is 0 Å². The molecule has 2 atom stereocenters. The van der Waals surface area contributed by atoms with Crippen LogP contribution in [0.3, 0.4) is 0 Å². The highest BCUT2D eigenvalue weighted by Crippen LogP contribution is 2.39. The molecule has 0 aliphatic carbocycles. The van der Waals surface area contributed by atoms with Crippen molar-refractivity contribution in [1.82, 2.24) is 0 Å². The van der Waals surface area contributed by atoms with Crippen molar-refractivity contribution in [2.75, 3.05) is 0 Å². The fourth-order valence-electron chi connectivity index (χ4n) is 2.18. The molecule has 4 nitrogen and oxygen atoms in total. The number of fused-ring (bicyclic) bond motifs is 2. The molecular formula is C11H18O4. The summed E-state index contributed by atoms with van der Waals surface area (Å²) in [5, 5.41) is 0. The number of rotatable bonds is 5. The Balaban J connectivity index is 1.80. The number of unbranched alkanes of at least 4 members (excludes halogenated alkanes) is 2. The topological polar surface area (TPSA) is 44.8 Å². The van der Waals surface area contributed by atoms with Crippen LogP contribution in [-0.2, 0) is 19.3 Å². The van der Waals surface area contributed by atoms with Gasteiger partial charge < -0.3 is 9.53 Å². The van der Waals surface area contributed by atoms with Crippen LogP contribution in [0.5, 0.6) is 0 Å². The zero-order chi connectivity index (χ0) is 10.6. The van der Waals surface area contributed by atoms with Crippen molar-refractivity contribution in [2.45, 2.75) is 63.4 Å². The van der Waals surface area contributed by atoms with Gasteiger partial charge in [0, 0.05) is 25.7 Å². The SMILES string of the molecule is O=CCCCCC12CCCCC(OO1)O2. The average molecular weight is 214 g/mol. The third-order valence-electron chi connectivity index (χ3n) is 3.03. The van der Waals surface area contributed by atoms with Crippen molar-refractivity contribution in [1.29, 1.82) is 0 Å². The molecule has 0 aromatic heterocycles. The Bertz CT molecular complexity index is 219. The number of aldehydes is 1. The summed E-state index contributed by atoms with van der Waals surface area (Å²) in [6.45, 7) is 0. The summed E-state index contributed by atoms with van der Waals surface area (Å²) in [6, 6.07) is 0. The van der Waals surface area contributed by atoms with E-state index < -0.39 is 5.79 Å². The van der Waals surface area contributed by atoms with Crippen LogP contribution in [0.15, 0.2) is 0 Å². The Hall–Kier alpha value is -0.450. The highest BCUT2D eigenvalue weighted by Gasteiger charge is 2.44. The van der Waals surface area contributed by atoms with Crippen LogP contribution in [-0.4, -0.2) is 18.4 Å². The zero-order valence-corrected chi connectivity index (χ0v) is 8.94. The van der Waals surface area contributed by atoms with Crippen molar-refractivity contribution in [3.8, 4) is 0 Å².